The lowest BCUT2D eigenvalue weighted by Crippen LogP contribution is -2.32. The average Bonchev–Trinajstić information content (AvgIpc) is 2.42. The number of alkyl halides is 3. The molecule has 0 amide bonds. The van der Waals surface area contributed by atoms with Crippen molar-refractivity contribution in [3.63, 3.8) is 0 Å². The van der Waals surface area contributed by atoms with Gasteiger partial charge in [0.1, 0.15) is 18.2 Å². The number of halogens is 5. The van der Waals surface area contributed by atoms with Gasteiger partial charge in [0.15, 0.2) is 0 Å². The van der Waals surface area contributed by atoms with E-state index in [0.717, 1.165) is 34.5 Å². The van der Waals surface area contributed by atoms with Crippen molar-refractivity contribution in [2.75, 3.05) is 7.05 Å². The number of aromatic nitrogens is 2. The molecule has 1 atom stereocenters. The topological polar surface area (TPSA) is 29.0 Å². The summed E-state index contributed by atoms with van der Waals surface area (Å²) in [4.78, 5) is 7.92. The maximum Gasteiger partial charge on any atom is 0.408 e. The van der Waals surface area contributed by atoms with Crippen LogP contribution in [0.3, 0.4) is 0 Å². The predicted octanol–water partition coefficient (Wildman–Crippen LogP) is 4.51. The highest BCUT2D eigenvalue weighted by Crippen LogP contribution is 2.42. The molecule has 22 heavy (non-hydrogen) atoms. The quantitative estimate of drug-likeness (QED) is 0.598. The molecular formula is C13H10ClF4N3S. The summed E-state index contributed by atoms with van der Waals surface area (Å²) in [5.74, 6) is -0.894. The third kappa shape index (κ3) is 4.08. The smallest absolute Gasteiger partial charge is 0.244 e. The summed E-state index contributed by atoms with van der Waals surface area (Å²) >= 11 is 6.33. The monoisotopic (exact) mass is 351 g/mol. The summed E-state index contributed by atoms with van der Waals surface area (Å²) in [6, 6.07) is 1.06. The molecule has 9 heteroatoms. The normalized spacial score (nSPS) is 13.4. The van der Waals surface area contributed by atoms with E-state index in [1.807, 2.05) is 0 Å². The van der Waals surface area contributed by atoms with E-state index >= 15 is 0 Å². The van der Waals surface area contributed by atoms with Crippen molar-refractivity contribution in [3.8, 4) is 0 Å². The van der Waals surface area contributed by atoms with Crippen molar-refractivity contribution in [2.45, 2.75) is 17.1 Å². The minimum atomic E-state index is -4.59. The second kappa shape index (κ2) is 6.80. The van der Waals surface area contributed by atoms with E-state index in [0.29, 0.717) is 4.90 Å². The van der Waals surface area contributed by atoms with Gasteiger partial charge in [0.05, 0.1) is 9.92 Å². The first kappa shape index (κ1) is 17.0. The molecule has 2 aromatic rings. The molecule has 1 aromatic heterocycles. The molecule has 0 fully saturated rings. The number of hydrogen-bond acceptors (Lipinski definition) is 4. The van der Waals surface area contributed by atoms with Crippen LogP contribution in [-0.2, 0) is 0 Å². The highest BCUT2D eigenvalue weighted by atomic mass is 35.5. The van der Waals surface area contributed by atoms with Crippen molar-refractivity contribution < 1.29 is 17.6 Å². The molecule has 0 spiro atoms. The fraction of sp³-hybridized carbons (Fsp3) is 0.231. The Morgan fingerprint density at radius 1 is 1.23 bits per heavy atom. The Morgan fingerprint density at radius 3 is 2.41 bits per heavy atom. The summed E-state index contributed by atoms with van der Waals surface area (Å²) in [6.07, 6.45) is -0.522. The SMILES string of the molecule is CN(Sc1cncnc1)[C@H](c1ccc(Cl)c(F)c1)C(F)(F)F. The maximum atomic E-state index is 13.5. The lowest BCUT2D eigenvalue weighted by Gasteiger charge is -2.29. The van der Waals surface area contributed by atoms with Gasteiger partial charge in [0.2, 0.25) is 0 Å². The van der Waals surface area contributed by atoms with Gasteiger partial charge in [-0.3, -0.25) is 0 Å². The average molecular weight is 352 g/mol. The standard InChI is InChI=1S/C13H10ClF4N3S/c1-21(22-9-5-19-7-20-6-9)12(13(16,17)18)8-2-3-10(14)11(15)4-8/h2-7,12H,1H3/t12-/m1/s1. The minimum Gasteiger partial charge on any atom is -0.244 e. The Morgan fingerprint density at radius 2 is 1.86 bits per heavy atom. The predicted molar refractivity (Wildman–Crippen MR) is 75.9 cm³/mol. The van der Waals surface area contributed by atoms with Crippen molar-refractivity contribution in [1.82, 2.24) is 14.3 Å². The van der Waals surface area contributed by atoms with E-state index in [2.05, 4.69) is 9.97 Å². The van der Waals surface area contributed by atoms with Gasteiger partial charge < -0.3 is 0 Å². The van der Waals surface area contributed by atoms with Crippen molar-refractivity contribution in [1.29, 1.82) is 0 Å². The first-order valence-electron chi connectivity index (χ1n) is 5.96. The molecule has 0 saturated heterocycles. The molecule has 118 valence electrons. The molecule has 0 aliphatic heterocycles. The van der Waals surface area contributed by atoms with Crippen molar-refractivity contribution in [3.05, 3.63) is 53.3 Å². The third-order valence-electron chi connectivity index (χ3n) is 2.72. The Hall–Kier alpha value is -1.38. The summed E-state index contributed by atoms with van der Waals surface area (Å²) < 4.78 is 54.5. The molecule has 0 aliphatic carbocycles. The first-order chi connectivity index (χ1) is 10.3. The number of benzene rings is 1. The highest BCUT2D eigenvalue weighted by molar-refractivity contribution is 7.97. The minimum absolute atomic E-state index is 0.226. The molecule has 0 unspecified atom stereocenters. The van der Waals surface area contributed by atoms with E-state index in [-0.39, 0.29) is 10.6 Å². The Kier molecular flexibility index (Phi) is 5.25. The van der Waals surface area contributed by atoms with Crippen molar-refractivity contribution in [2.24, 2.45) is 0 Å². The number of hydrogen-bond donors (Lipinski definition) is 0. The fourth-order valence-corrected chi connectivity index (χ4v) is 2.85. The Balaban J connectivity index is 2.31. The van der Waals surface area contributed by atoms with Crippen molar-refractivity contribution >= 4 is 23.5 Å². The summed E-state index contributed by atoms with van der Waals surface area (Å²) in [7, 11) is 1.27. The van der Waals surface area contributed by atoms with Gasteiger partial charge in [-0.25, -0.2) is 18.7 Å². The van der Waals surface area contributed by atoms with Gasteiger partial charge in [0, 0.05) is 12.4 Å². The second-order valence-corrected chi connectivity index (χ2v) is 5.97. The van der Waals surface area contributed by atoms with Gasteiger partial charge in [0.25, 0.3) is 0 Å². The first-order valence-corrected chi connectivity index (χ1v) is 7.11. The molecule has 0 bridgehead atoms. The fourth-order valence-electron chi connectivity index (χ4n) is 1.84. The maximum absolute atomic E-state index is 13.5. The van der Waals surface area contributed by atoms with Crippen LogP contribution in [0.4, 0.5) is 17.6 Å². The zero-order valence-corrected chi connectivity index (χ0v) is 12.8. The largest absolute Gasteiger partial charge is 0.408 e. The lowest BCUT2D eigenvalue weighted by atomic mass is 10.1. The molecule has 1 heterocycles. The molecule has 0 aliphatic rings. The molecule has 3 nitrogen and oxygen atoms in total. The summed E-state index contributed by atoms with van der Waals surface area (Å²) in [6.45, 7) is 0. The van der Waals surface area contributed by atoms with Gasteiger partial charge in [-0.1, -0.05) is 17.7 Å². The van der Waals surface area contributed by atoms with E-state index in [1.54, 1.807) is 0 Å². The third-order valence-corrected chi connectivity index (χ3v) is 3.95. The van der Waals surface area contributed by atoms with Crippen LogP contribution < -0.4 is 0 Å². The van der Waals surface area contributed by atoms with Gasteiger partial charge in [-0.2, -0.15) is 13.2 Å². The van der Waals surface area contributed by atoms with E-state index in [4.69, 9.17) is 11.6 Å². The van der Waals surface area contributed by atoms with Crippen LogP contribution in [0.25, 0.3) is 0 Å². The Labute approximate surface area is 133 Å². The molecule has 0 N–H and O–H groups in total. The molecule has 1 aromatic carbocycles. The highest BCUT2D eigenvalue weighted by Gasteiger charge is 2.44. The van der Waals surface area contributed by atoms with E-state index < -0.39 is 18.0 Å². The molecule has 2 rings (SSSR count). The summed E-state index contributed by atoms with van der Waals surface area (Å²) in [5, 5.41) is -0.226. The van der Waals surface area contributed by atoms with Gasteiger partial charge in [-0.15, -0.1) is 0 Å². The van der Waals surface area contributed by atoms with Crippen LogP contribution in [0.2, 0.25) is 5.02 Å². The zero-order chi connectivity index (χ0) is 16.3. The van der Waals surface area contributed by atoms with Crippen LogP contribution >= 0.6 is 23.5 Å². The second-order valence-electron chi connectivity index (χ2n) is 4.33. The summed E-state index contributed by atoms with van der Waals surface area (Å²) in [5.41, 5.74) is -0.235. The van der Waals surface area contributed by atoms with Crippen LogP contribution in [0, 0.1) is 5.82 Å². The lowest BCUT2D eigenvalue weighted by molar-refractivity contribution is -0.169. The molecule has 0 saturated carbocycles. The van der Waals surface area contributed by atoms with Crippen LogP contribution in [0.5, 0.6) is 0 Å². The van der Waals surface area contributed by atoms with Crippen LogP contribution in [0.1, 0.15) is 11.6 Å². The van der Waals surface area contributed by atoms with E-state index in [9.17, 15) is 17.6 Å². The zero-order valence-electron chi connectivity index (χ0n) is 11.2. The van der Waals surface area contributed by atoms with Crippen LogP contribution in [-0.4, -0.2) is 27.5 Å². The van der Waals surface area contributed by atoms with Crippen LogP contribution in [0.15, 0.2) is 41.8 Å². The molecular weight excluding hydrogens is 342 g/mol. The Bertz CT molecular complexity index is 639. The number of nitrogens with zero attached hydrogens (tertiary/aromatic N) is 3. The van der Waals surface area contributed by atoms with Gasteiger partial charge in [-0.05, 0) is 36.7 Å². The number of rotatable bonds is 4. The molecule has 0 radical (unpaired) electrons. The van der Waals surface area contributed by atoms with Gasteiger partial charge >= 0.3 is 6.18 Å². The van der Waals surface area contributed by atoms with E-state index in [1.165, 1.54) is 25.8 Å².